The second-order valence-electron chi connectivity index (χ2n) is 3.66. The van der Waals surface area contributed by atoms with Gasteiger partial charge in [0.2, 0.25) is 0 Å². The highest BCUT2D eigenvalue weighted by atomic mass is 32.2. The van der Waals surface area contributed by atoms with E-state index in [1.165, 1.54) is 4.90 Å². The summed E-state index contributed by atoms with van der Waals surface area (Å²) in [5, 5.41) is 9.18. The molecule has 2 rings (SSSR count). The molecule has 3 heteroatoms. The largest absolute Gasteiger partial charge is 0.256 e. The molecule has 2 aromatic rings. The topological polar surface area (TPSA) is 36.7 Å². The predicted octanol–water partition coefficient (Wildman–Crippen LogP) is 3.87. The molecule has 18 heavy (non-hydrogen) atoms. The van der Waals surface area contributed by atoms with E-state index >= 15 is 0 Å². The lowest BCUT2D eigenvalue weighted by molar-refractivity contribution is 1.28. The highest BCUT2D eigenvalue weighted by molar-refractivity contribution is 7.98. The van der Waals surface area contributed by atoms with Gasteiger partial charge in [0.15, 0.2) is 0 Å². The van der Waals surface area contributed by atoms with Crippen LogP contribution in [0.2, 0.25) is 0 Å². The Morgan fingerprint density at radius 1 is 1.22 bits per heavy atom. The maximum absolute atomic E-state index is 9.18. The Hall–Kier alpha value is -2.05. The number of hydrogen-bond acceptors (Lipinski definition) is 3. The van der Waals surface area contributed by atoms with Gasteiger partial charge in [-0.15, -0.1) is 11.8 Å². The summed E-state index contributed by atoms with van der Waals surface area (Å²) in [5.74, 6) is 0. The molecular weight excluding hydrogens is 240 g/mol. The van der Waals surface area contributed by atoms with E-state index in [0.717, 1.165) is 5.56 Å². The standard InChI is InChI=1S/C15H12N2S/c1-18-14-7-5-12(6-8-14)10-13(11-16)15-4-2-3-9-17-15/h2-10H,1H3/b13-10+. The van der Waals surface area contributed by atoms with Crippen LogP contribution in [-0.2, 0) is 0 Å². The highest BCUT2D eigenvalue weighted by Crippen LogP contribution is 2.19. The Morgan fingerprint density at radius 3 is 2.56 bits per heavy atom. The minimum absolute atomic E-state index is 0.576. The summed E-state index contributed by atoms with van der Waals surface area (Å²) >= 11 is 1.70. The maximum Gasteiger partial charge on any atom is 0.101 e. The van der Waals surface area contributed by atoms with Gasteiger partial charge in [-0.25, -0.2) is 0 Å². The Morgan fingerprint density at radius 2 is 2.00 bits per heavy atom. The van der Waals surface area contributed by atoms with Crippen molar-refractivity contribution in [2.24, 2.45) is 0 Å². The molecule has 0 aliphatic carbocycles. The van der Waals surface area contributed by atoms with Gasteiger partial charge in [0, 0.05) is 11.1 Å². The zero-order chi connectivity index (χ0) is 12.8. The minimum Gasteiger partial charge on any atom is -0.256 e. The predicted molar refractivity (Wildman–Crippen MR) is 75.9 cm³/mol. The van der Waals surface area contributed by atoms with Crippen molar-refractivity contribution in [1.82, 2.24) is 4.98 Å². The van der Waals surface area contributed by atoms with Gasteiger partial charge in [0.05, 0.1) is 11.3 Å². The number of allylic oxidation sites excluding steroid dienone is 1. The van der Waals surface area contributed by atoms with Crippen molar-refractivity contribution in [3.8, 4) is 6.07 Å². The van der Waals surface area contributed by atoms with Gasteiger partial charge >= 0.3 is 0 Å². The van der Waals surface area contributed by atoms with Crippen molar-refractivity contribution < 1.29 is 0 Å². The van der Waals surface area contributed by atoms with Gasteiger partial charge in [0.1, 0.15) is 6.07 Å². The second kappa shape index (κ2) is 6.04. The van der Waals surface area contributed by atoms with Crippen LogP contribution in [0.25, 0.3) is 11.6 Å². The van der Waals surface area contributed by atoms with Crippen LogP contribution in [0.4, 0.5) is 0 Å². The SMILES string of the molecule is CSc1ccc(/C=C(\C#N)c2ccccn2)cc1. The molecule has 1 aromatic carbocycles. The molecular formula is C15H12N2S. The first-order valence-electron chi connectivity index (χ1n) is 5.51. The summed E-state index contributed by atoms with van der Waals surface area (Å²) in [6, 6.07) is 15.8. The monoisotopic (exact) mass is 252 g/mol. The van der Waals surface area contributed by atoms with Crippen LogP contribution in [0.15, 0.2) is 53.6 Å². The summed E-state index contributed by atoms with van der Waals surface area (Å²) in [6.07, 6.45) is 5.59. The summed E-state index contributed by atoms with van der Waals surface area (Å²) in [4.78, 5) is 5.40. The second-order valence-corrected chi connectivity index (χ2v) is 4.54. The molecule has 88 valence electrons. The lowest BCUT2D eigenvalue weighted by atomic mass is 10.1. The molecule has 0 spiro atoms. The number of pyridine rings is 1. The van der Waals surface area contributed by atoms with Crippen LogP contribution in [-0.4, -0.2) is 11.2 Å². The Labute approximate surface area is 111 Å². The number of thioether (sulfide) groups is 1. The normalized spacial score (nSPS) is 11.0. The van der Waals surface area contributed by atoms with E-state index in [4.69, 9.17) is 0 Å². The van der Waals surface area contributed by atoms with Crippen molar-refractivity contribution in [1.29, 1.82) is 5.26 Å². The molecule has 1 heterocycles. The zero-order valence-electron chi connectivity index (χ0n) is 10.00. The average molecular weight is 252 g/mol. The summed E-state index contributed by atoms with van der Waals surface area (Å²) in [5.41, 5.74) is 2.29. The van der Waals surface area contributed by atoms with Gasteiger partial charge in [0.25, 0.3) is 0 Å². The minimum atomic E-state index is 0.576. The van der Waals surface area contributed by atoms with Crippen molar-refractivity contribution in [3.05, 3.63) is 59.9 Å². The van der Waals surface area contributed by atoms with Crippen molar-refractivity contribution >= 4 is 23.4 Å². The first-order chi connectivity index (χ1) is 8.83. The lowest BCUT2D eigenvalue weighted by Crippen LogP contribution is -1.85. The van der Waals surface area contributed by atoms with Crippen LogP contribution >= 0.6 is 11.8 Å². The van der Waals surface area contributed by atoms with Gasteiger partial charge in [-0.1, -0.05) is 18.2 Å². The Bertz CT molecular complexity index is 580. The molecule has 0 radical (unpaired) electrons. The first kappa shape index (κ1) is 12.4. The number of aromatic nitrogens is 1. The number of nitrogens with zero attached hydrogens (tertiary/aromatic N) is 2. The van der Waals surface area contributed by atoms with Gasteiger partial charge in [-0.3, -0.25) is 4.98 Å². The maximum atomic E-state index is 9.18. The number of nitriles is 1. The molecule has 0 saturated heterocycles. The van der Waals surface area contributed by atoms with Crippen LogP contribution < -0.4 is 0 Å². The van der Waals surface area contributed by atoms with E-state index in [2.05, 4.69) is 11.1 Å². The zero-order valence-corrected chi connectivity index (χ0v) is 10.8. The first-order valence-corrected chi connectivity index (χ1v) is 6.73. The number of benzene rings is 1. The van der Waals surface area contributed by atoms with Crippen LogP contribution in [0, 0.1) is 11.3 Å². The smallest absolute Gasteiger partial charge is 0.101 e. The van der Waals surface area contributed by atoms with Crippen LogP contribution in [0.3, 0.4) is 0 Å². The van der Waals surface area contributed by atoms with Gasteiger partial charge in [-0.05, 0) is 42.2 Å². The highest BCUT2D eigenvalue weighted by Gasteiger charge is 2.01. The Kier molecular flexibility index (Phi) is 4.16. The molecule has 0 aliphatic rings. The van der Waals surface area contributed by atoms with Crippen molar-refractivity contribution in [3.63, 3.8) is 0 Å². The third-order valence-corrected chi connectivity index (χ3v) is 3.23. The summed E-state index contributed by atoms with van der Waals surface area (Å²) < 4.78 is 0. The van der Waals surface area contributed by atoms with Crippen molar-refractivity contribution in [2.45, 2.75) is 4.90 Å². The molecule has 1 aromatic heterocycles. The average Bonchev–Trinajstić information content (AvgIpc) is 2.46. The fourth-order valence-corrected chi connectivity index (χ4v) is 1.96. The van der Waals surface area contributed by atoms with Crippen LogP contribution in [0.5, 0.6) is 0 Å². The number of rotatable bonds is 3. The van der Waals surface area contributed by atoms with E-state index in [1.807, 2.05) is 54.8 Å². The van der Waals surface area contributed by atoms with E-state index in [1.54, 1.807) is 18.0 Å². The molecule has 0 aliphatic heterocycles. The molecule has 0 unspecified atom stereocenters. The molecule has 0 atom stereocenters. The third kappa shape index (κ3) is 2.99. The van der Waals surface area contributed by atoms with E-state index < -0.39 is 0 Å². The van der Waals surface area contributed by atoms with E-state index in [0.29, 0.717) is 11.3 Å². The van der Waals surface area contributed by atoms with Gasteiger partial charge in [-0.2, -0.15) is 5.26 Å². The number of hydrogen-bond donors (Lipinski definition) is 0. The summed E-state index contributed by atoms with van der Waals surface area (Å²) in [7, 11) is 0. The molecule has 0 bridgehead atoms. The fraction of sp³-hybridized carbons (Fsp3) is 0.0667. The lowest BCUT2D eigenvalue weighted by Gasteiger charge is -2.00. The molecule has 0 N–H and O–H groups in total. The fourth-order valence-electron chi connectivity index (χ4n) is 1.55. The molecule has 0 fully saturated rings. The Balaban J connectivity index is 2.33. The molecule has 0 saturated carbocycles. The van der Waals surface area contributed by atoms with Crippen LogP contribution in [0.1, 0.15) is 11.3 Å². The van der Waals surface area contributed by atoms with Gasteiger partial charge < -0.3 is 0 Å². The van der Waals surface area contributed by atoms with Crippen molar-refractivity contribution in [2.75, 3.05) is 6.26 Å². The molecule has 0 amide bonds. The molecule has 2 nitrogen and oxygen atoms in total. The quantitative estimate of drug-likeness (QED) is 0.614. The van der Waals surface area contributed by atoms with E-state index in [-0.39, 0.29) is 0 Å². The third-order valence-electron chi connectivity index (χ3n) is 2.49. The van der Waals surface area contributed by atoms with E-state index in [9.17, 15) is 5.26 Å². The summed E-state index contributed by atoms with van der Waals surface area (Å²) in [6.45, 7) is 0.